The lowest BCUT2D eigenvalue weighted by molar-refractivity contribution is 0.546. The lowest BCUT2D eigenvalue weighted by atomic mass is 9.88. The minimum atomic E-state index is -0.202. The van der Waals surface area contributed by atoms with Crippen molar-refractivity contribution in [2.75, 3.05) is 0 Å². The van der Waals surface area contributed by atoms with Crippen LogP contribution in [0.5, 0.6) is 0 Å². The second-order valence-corrected chi connectivity index (χ2v) is 5.80. The standard InChI is InChI=1S/C18H19F/c1-18(2,3)13-17(14-7-5-4-6-8-14)15-9-11-16(19)12-10-15/h4-13H,1-3H3/b17-13-. The van der Waals surface area contributed by atoms with Gasteiger partial charge >= 0.3 is 0 Å². The van der Waals surface area contributed by atoms with Crippen LogP contribution < -0.4 is 0 Å². The molecule has 0 saturated heterocycles. The Morgan fingerprint density at radius 2 is 1.37 bits per heavy atom. The average molecular weight is 254 g/mol. The largest absolute Gasteiger partial charge is 0.207 e. The first-order valence-corrected chi connectivity index (χ1v) is 6.50. The highest BCUT2D eigenvalue weighted by Crippen LogP contribution is 2.29. The highest BCUT2D eigenvalue weighted by atomic mass is 19.1. The van der Waals surface area contributed by atoms with Gasteiger partial charge in [-0.3, -0.25) is 0 Å². The van der Waals surface area contributed by atoms with Crippen LogP contribution in [0.2, 0.25) is 0 Å². The van der Waals surface area contributed by atoms with Crippen LogP contribution in [0.3, 0.4) is 0 Å². The van der Waals surface area contributed by atoms with Gasteiger partial charge in [0, 0.05) is 0 Å². The van der Waals surface area contributed by atoms with Gasteiger partial charge in [0.15, 0.2) is 0 Å². The highest BCUT2D eigenvalue weighted by molar-refractivity contribution is 5.80. The van der Waals surface area contributed by atoms with E-state index >= 15 is 0 Å². The van der Waals surface area contributed by atoms with Crippen molar-refractivity contribution in [3.05, 3.63) is 77.6 Å². The predicted octanol–water partition coefficient (Wildman–Crippen LogP) is 5.30. The SMILES string of the molecule is CC(C)(C)/C=C(/c1ccccc1)c1ccc(F)cc1. The first kappa shape index (κ1) is 13.5. The van der Waals surface area contributed by atoms with Crippen molar-refractivity contribution in [1.29, 1.82) is 0 Å². The lowest BCUT2D eigenvalue weighted by Crippen LogP contribution is -2.02. The van der Waals surface area contributed by atoms with E-state index in [4.69, 9.17) is 0 Å². The molecular weight excluding hydrogens is 235 g/mol. The van der Waals surface area contributed by atoms with Crippen LogP contribution in [-0.2, 0) is 0 Å². The Balaban J connectivity index is 2.53. The van der Waals surface area contributed by atoms with Crippen LogP contribution in [0.1, 0.15) is 31.9 Å². The molecule has 2 aromatic rings. The summed E-state index contributed by atoms with van der Waals surface area (Å²) in [7, 11) is 0. The minimum Gasteiger partial charge on any atom is -0.207 e. The summed E-state index contributed by atoms with van der Waals surface area (Å²) in [4.78, 5) is 0. The maximum absolute atomic E-state index is 13.1. The van der Waals surface area contributed by atoms with E-state index in [-0.39, 0.29) is 11.2 Å². The van der Waals surface area contributed by atoms with Gasteiger partial charge in [0.2, 0.25) is 0 Å². The van der Waals surface area contributed by atoms with Crippen LogP contribution in [0.25, 0.3) is 5.57 Å². The van der Waals surface area contributed by atoms with Gasteiger partial charge < -0.3 is 0 Å². The number of hydrogen-bond acceptors (Lipinski definition) is 0. The second-order valence-electron chi connectivity index (χ2n) is 5.80. The third-order valence-electron chi connectivity index (χ3n) is 2.82. The molecule has 1 heteroatoms. The van der Waals surface area contributed by atoms with Crippen molar-refractivity contribution >= 4 is 5.57 Å². The Kier molecular flexibility index (Phi) is 3.84. The molecular formula is C18H19F. The monoisotopic (exact) mass is 254 g/mol. The van der Waals surface area contributed by atoms with E-state index in [1.807, 2.05) is 30.3 Å². The predicted molar refractivity (Wildman–Crippen MR) is 79.4 cm³/mol. The van der Waals surface area contributed by atoms with E-state index in [0.717, 1.165) is 16.7 Å². The summed E-state index contributed by atoms with van der Waals surface area (Å²) in [6, 6.07) is 16.9. The summed E-state index contributed by atoms with van der Waals surface area (Å²) in [6.07, 6.45) is 2.23. The van der Waals surface area contributed by atoms with Crippen molar-refractivity contribution in [3.8, 4) is 0 Å². The van der Waals surface area contributed by atoms with Crippen molar-refractivity contribution in [2.24, 2.45) is 5.41 Å². The molecule has 0 spiro atoms. The van der Waals surface area contributed by atoms with Crippen LogP contribution in [-0.4, -0.2) is 0 Å². The number of hydrogen-bond donors (Lipinski definition) is 0. The lowest BCUT2D eigenvalue weighted by Gasteiger charge is -2.17. The van der Waals surface area contributed by atoms with Crippen molar-refractivity contribution in [1.82, 2.24) is 0 Å². The molecule has 0 aliphatic carbocycles. The zero-order valence-electron chi connectivity index (χ0n) is 11.7. The third kappa shape index (κ3) is 3.78. The van der Waals surface area contributed by atoms with Gasteiger partial charge in [0.25, 0.3) is 0 Å². The first-order valence-electron chi connectivity index (χ1n) is 6.50. The van der Waals surface area contributed by atoms with Gasteiger partial charge in [-0.15, -0.1) is 0 Å². The molecule has 0 saturated carbocycles. The molecule has 0 N–H and O–H groups in total. The summed E-state index contributed by atoms with van der Waals surface area (Å²) in [5, 5.41) is 0. The Hall–Kier alpha value is -1.89. The van der Waals surface area contributed by atoms with E-state index in [2.05, 4.69) is 39.0 Å². The van der Waals surface area contributed by atoms with Gasteiger partial charge in [0.05, 0.1) is 0 Å². The van der Waals surface area contributed by atoms with Gasteiger partial charge in [-0.25, -0.2) is 4.39 Å². The quantitative estimate of drug-likeness (QED) is 0.682. The molecule has 0 fully saturated rings. The van der Waals surface area contributed by atoms with Crippen LogP contribution in [0.15, 0.2) is 60.7 Å². The summed E-state index contributed by atoms with van der Waals surface area (Å²) in [5.41, 5.74) is 3.42. The zero-order chi connectivity index (χ0) is 13.9. The first-order chi connectivity index (χ1) is 8.96. The molecule has 0 radical (unpaired) electrons. The van der Waals surface area contributed by atoms with E-state index in [0.29, 0.717) is 0 Å². The molecule has 0 heterocycles. The molecule has 98 valence electrons. The molecule has 0 unspecified atom stereocenters. The number of rotatable bonds is 2. The van der Waals surface area contributed by atoms with E-state index < -0.39 is 0 Å². The van der Waals surface area contributed by atoms with E-state index in [1.165, 1.54) is 12.1 Å². The normalized spacial score (nSPS) is 12.5. The smallest absolute Gasteiger partial charge is 0.123 e. The number of benzene rings is 2. The topological polar surface area (TPSA) is 0 Å². The van der Waals surface area contributed by atoms with Gasteiger partial charge in [-0.1, -0.05) is 69.3 Å². The molecule has 0 aliphatic rings. The molecule has 0 nitrogen and oxygen atoms in total. The van der Waals surface area contributed by atoms with Crippen molar-refractivity contribution in [3.63, 3.8) is 0 Å². The Morgan fingerprint density at radius 1 is 0.842 bits per heavy atom. The van der Waals surface area contributed by atoms with Crippen molar-refractivity contribution < 1.29 is 4.39 Å². The Morgan fingerprint density at radius 3 is 1.89 bits per heavy atom. The molecule has 19 heavy (non-hydrogen) atoms. The fourth-order valence-electron chi connectivity index (χ4n) is 2.01. The molecule has 2 aromatic carbocycles. The van der Waals surface area contributed by atoms with Crippen LogP contribution in [0.4, 0.5) is 4.39 Å². The van der Waals surface area contributed by atoms with E-state index in [1.54, 1.807) is 0 Å². The van der Waals surface area contributed by atoms with Crippen LogP contribution in [0, 0.1) is 11.2 Å². The molecule has 0 atom stereocenters. The van der Waals surface area contributed by atoms with Crippen molar-refractivity contribution in [2.45, 2.75) is 20.8 Å². The van der Waals surface area contributed by atoms with E-state index in [9.17, 15) is 4.39 Å². The summed E-state index contributed by atoms with van der Waals surface area (Å²) < 4.78 is 13.1. The summed E-state index contributed by atoms with van der Waals surface area (Å²) in [5.74, 6) is -0.202. The number of allylic oxidation sites excluding steroid dienone is 1. The highest BCUT2D eigenvalue weighted by Gasteiger charge is 2.11. The maximum atomic E-state index is 13.1. The Labute approximate surface area is 114 Å². The number of halogens is 1. The Bertz CT molecular complexity index is 557. The van der Waals surface area contributed by atoms with Gasteiger partial charge in [0.1, 0.15) is 5.82 Å². The van der Waals surface area contributed by atoms with Crippen LogP contribution >= 0.6 is 0 Å². The fraction of sp³-hybridized carbons (Fsp3) is 0.222. The molecule has 2 rings (SSSR count). The summed E-state index contributed by atoms with van der Waals surface area (Å²) >= 11 is 0. The average Bonchev–Trinajstić information content (AvgIpc) is 2.37. The minimum absolute atomic E-state index is 0.0690. The molecule has 0 bridgehead atoms. The maximum Gasteiger partial charge on any atom is 0.123 e. The third-order valence-corrected chi connectivity index (χ3v) is 2.82. The molecule has 0 aromatic heterocycles. The second kappa shape index (κ2) is 5.40. The fourth-order valence-corrected chi connectivity index (χ4v) is 2.01. The van der Waals surface area contributed by atoms with Gasteiger partial charge in [-0.2, -0.15) is 0 Å². The molecule has 0 amide bonds. The van der Waals surface area contributed by atoms with Gasteiger partial charge in [-0.05, 0) is 34.2 Å². The summed E-state index contributed by atoms with van der Waals surface area (Å²) in [6.45, 7) is 6.50. The zero-order valence-corrected chi connectivity index (χ0v) is 11.7. The molecule has 0 aliphatic heterocycles.